The van der Waals surface area contributed by atoms with E-state index in [4.69, 9.17) is 9.84 Å². The van der Waals surface area contributed by atoms with E-state index in [1.54, 1.807) is 13.0 Å². The molecule has 1 rings (SSSR count). The molecule has 1 N–H and O–H groups in total. The van der Waals surface area contributed by atoms with Crippen LogP contribution in [0.4, 0.5) is 0 Å². The van der Waals surface area contributed by atoms with Crippen LogP contribution in [-0.2, 0) is 9.53 Å². The van der Waals surface area contributed by atoms with E-state index < -0.39 is 5.97 Å². The summed E-state index contributed by atoms with van der Waals surface area (Å²) in [4.78, 5) is 10.6. The van der Waals surface area contributed by atoms with Crippen molar-refractivity contribution in [1.82, 2.24) is 0 Å². The number of hydrogen-bond donors (Lipinski definition) is 1. The third-order valence-corrected chi connectivity index (χ3v) is 1.70. The summed E-state index contributed by atoms with van der Waals surface area (Å²) in [7, 11) is 0. The number of rotatable bonds is 4. The van der Waals surface area contributed by atoms with Gasteiger partial charge in [-0.1, -0.05) is 0 Å². The number of aliphatic carboxylic acids is 1. The number of hydrogen-bond acceptors (Lipinski definition) is 2. The van der Waals surface area contributed by atoms with Crippen molar-refractivity contribution < 1.29 is 14.6 Å². The van der Waals surface area contributed by atoms with Gasteiger partial charge in [0.25, 0.3) is 0 Å². The number of epoxide rings is 1. The predicted octanol–water partition coefficient (Wildman–Crippen LogP) is 1.35. The lowest BCUT2D eigenvalue weighted by Gasteiger charge is -1.95. The van der Waals surface area contributed by atoms with Crippen molar-refractivity contribution in [2.75, 3.05) is 6.61 Å². The molecule has 0 amide bonds. The molecule has 0 radical (unpaired) electrons. The largest absolute Gasteiger partial charge is 0.477 e. The van der Waals surface area contributed by atoms with Gasteiger partial charge < -0.3 is 9.84 Å². The lowest BCUT2D eigenvalue weighted by atomic mass is 10.1. The first kappa shape index (κ1) is 9.04. The maximum Gasteiger partial charge on any atom is 0.339 e. The first-order chi connectivity index (χ1) is 5.74. The quantitative estimate of drug-likeness (QED) is 0.391. The van der Waals surface area contributed by atoms with E-state index in [0.717, 1.165) is 13.0 Å². The minimum atomic E-state index is -0.881. The molecular weight excluding hydrogens is 156 g/mol. The van der Waals surface area contributed by atoms with E-state index in [-0.39, 0.29) is 6.10 Å². The van der Waals surface area contributed by atoms with Crippen molar-refractivity contribution in [3.05, 3.63) is 17.4 Å². The van der Waals surface area contributed by atoms with E-state index >= 15 is 0 Å². The average Bonchev–Trinajstić information content (AvgIpc) is 2.80. The highest BCUT2D eigenvalue weighted by atomic mass is 16.6. The highest BCUT2D eigenvalue weighted by molar-refractivity contribution is 5.86. The van der Waals surface area contributed by atoms with Crippen molar-refractivity contribution >= 4 is 5.97 Å². The smallest absolute Gasteiger partial charge is 0.339 e. The molecule has 0 saturated carbocycles. The molecule has 1 saturated heterocycles. The first-order valence-electron chi connectivity index (χ1n) is 3.99. The van der Waals surface area contributed by atoms with Crippen molar-refractivity contribution in [2.45, 2.75) is 25.9 Å². The second-order valence-electron chi connectivity index (χ2n) is 2.71. The van der Waals surface area contributed by atoms with E-state index in [1.807, 2.05) is 0 Å². The summed E-state index contributed by atoms with van der Waals surface area (Å²) in [5.41, 5.74) is 3.04. The molecule has 0 bridgehead atoms. The summed E-state index contributed by atoms with van der Waals surface area (Å²) in [5.74, 6) is -0.881. The lowest BCUT2D eigenvalue weighted by molar-refractivity contribution is -0.132. The summed E-state index contributed by atoms with van der Waals surface area (Å²) in [6.07, 6.45) is 3.25. The highest BCUT2D eigenvalue weighted by Crippen LogP contribution is 2.18. The van der Waals surface area contributed by atoms with Crippen molar-refractivity contribution in [3.8, 4) is 0 Å². The molecule has 3 heteroatoms. The normalized spacial score (nSPS) is 19.6. The molecule has 1 unspecified atom stereocenters. The van der Waals surface area contributed by atoms with Gasteiger partial charge in [0.1, 0.15) is 0 Å². The van der Waals surface area contributed by atoms with Crippen molar-refractivity contribution in [2.24, 2.45) is 0 Å². The molecule has 66 valence electrons. The molecule has 1 aliphatic rings. The Morgan fingerprint density at radius 2 is 2.50 bits per heavy atom. The molecule has 1 fully saturated rings. The summed E-state index contributed by atoms with van der Waals surface area (Å²) in [5, 5.41) is 8.68. The van der Waals surface area contributed by atoms with E-state index in [2.05, 4.69) is 5.73 Å². The molecule has 0 aliphatic carbocycles. The van der Waals surface area contributed by atoms with Gasteiger partial charge in [0.2, 0.25) is 0 Å². The average molecular weight is 168 g/mol. The minimum absolute atomic E-state index is 0.290. The van der Waals surface area contributed by atoms with Crippen LogP contribution in [-0.4, -0.2) is 23.8 Å². The van der Waals surface area contributed by atoms with Gasteiger partial charge in [0.15, 0.2) is 0 Å². The van der Waals surface area contributed by atoms with Crippen LogP contribution in [0.15, 0.2) is 17.4 Å². The zero-order valence-electron chi connectivity index (χ0n) is 7.04. The standard InChI is InChI=1S/C9H12O3/c1-2-3-7(9(10)11)4-5-8-6-12-8/h2,8H,4-6H2,1H3,(H,10,11). The predicted molar refractivity (Wildman–Crippen MR) is 43.9 cm³/mol. The molecule has 1 heterocycles. The van der Waals surface area contributed by atoms with Gasteiger partial charge in [-0.15, -0.1) is 5.73 Å². The minimum Gasteiger partial charge on any atom is -0.477 e. The summed E-state index contributed by atoms with van der Waals surface area (Å²) in [6, 6.07) is 0. The number of carbonyl (C=O) groups is 1. The maximum absolute atomic E-state index is 10.6. The molecule has 1 aliphatic heterocycles. The lowest BCUT2D eigenvalue weighted by Crippen LogP contribution is -2.00. The topological polar surface area (TPSA) is 49.8 Å². The fourth-order valence-corrected chi connectivity index (χ4v) is 0.955. The third kappa shape index (κ3) is 2.91. The summed E-state index contributed by atoms with van der Waals surface area (Å²) < 4.78 is 4.97. The Kier molecular flexibility index (Phi) is 3.09. The van der Waals surface area contributed by atoms with E-state index in [0.29, 0.717) is 12.0 Å². The molecule has 0 aromatic heterocycles. The van der Waals surface area contributed by atoms with Gasteiger partial charge in [-0.25, -0.2) is 4.79 Å². The highest BCUT2D eigenvalue weighted by Gasteiger charge is 2.23. The molecule has 0 spiro atoms. The molecule has 0 aromatic carbocycles. The Morgan fingerprint density at radius 3 is 2.92 bits per heavy atom. The third-order valence-electron chi connectivity index (χ3n) is 1.70. The van der Waals surface area contributed by atoms with Crippen LogP contribution in [0.3, 0.4) is 0 Å². The van der Waals surface area contributed by atoms with E-state index in [1.165, 1.54) is 0 Å². The Bertz CT molecular complexity index is 232. The molecular formula is C9H12O3. The Hall–Kier alpha value is -1.05. The zero-order chi connectivity index (χ0) is 8.97. The number of carboxylic acids is 1. The van der Waals surface area contributed by atoms with Gasteiger partial charge in [0.05, 0.1) is 18.3 Å². The molecule has 3 nitrogen and oxygen atoms in total. The monoisotopic (exact) mass is 168 g/mol. The van der Waals surface area contributed by atoms with Gasteiger partial charge in [-0.3, -0.25) is 0 Å². The maximum atomic E-state index is 10.6. The zero-order valence-corrected chi connectivity index (χ0v) is 7.04. The molecule has 12 heavy (non-hydrogen) atoms. The van der Waals surface area contributed by atoms with Crippen LogP contribution in [0.1, 0.15) is 19.8 Å². The van der Waals surface area contributed by atoms with Crippen LogP contribution < -0.4 is 0 Å². The van der Waals surface area contributed by atoms with Gasteiger partial charge in [0, 0.05) is 0 Å². The molecule has 1 atom stereocenters. The van der Waals surface area contributed by atoms with Crippen LogP contribution >= 0.6 is 0 Å². The number of ether oxygens (including phenoxy) is 1. The van der Waals surface area contributed by atoms with Crippen molar-refractivity contribution in [1.29, 1.82) is 0 Å². The van der Waals surface area contributed by atoms with Gasteiger partial charge in [-0.2, -0.15) is 0 Å². The summed E-state index contributed by atoms with van der Waals surface area (Å²) in [6.45, 7) is 2.54. The van der Waals surface area contributed by atoms with Crippen LogP contribution in [0.25, 0.3) is 0 Å². The second kappa shape index (κ2) is 4.10. The number of carboxylic acid groups (broad SMARTS) is 1. The fourth-order valence-electron chi connectivity index (χ4n) is 0.955. The Morgan fingerprint density at radius 1 is 1.83 bits per heavy atom. The van der Waals surface area contributed by atoms with Crippen molar-refractivity contribution in [3.63, 3.8) is 0 Å². The Labute approximate surface area is 71.3 Å². The summed E-state index contributed by atoms with van der Waals surface area (Å²) >= 11 is 0. The SMILES string of the molecule is CC=C=C(CCC1CO1)C(=O)O. The van der Waals surface area contributed by atoms with Gasteiger partial charge >= 0.3 is 5.97 Å². The molecule has 0 aromatic rings. The van der Waals surface area contributed by atoms with Crippen LogP contribution in [0.5, 0.6) is 0 Å². The van der Waals surface area contributed by atoms with Crippen LogP contribution in [0.2, 0.25) is 0 Å². The van der Waals surface area contributed by atoms with E-state index in [9.17, 15) is 4.79 Å². The second-order valence-corrected chi connectivity index (χ2v) is 2.71. The first-order valence-corrected chi connectivity index (χ1v) is 3.99. The van der Waals surface area contributed by atoms with Gasteiger partial charge in [-0.05, 0) is 25.8 Å². The Balaban J connectivity index is 2.42. The van der Waals surface area contributed by atoms with Crippen LogP contribution in [0, 0.1) is 0 Å². The fraction of sp³-hybridized carbons (Fsp3) is 0.556.